The predicted octanol–water partition coefficient (Wildman–Crippen LogP) is 3.93. The maximum atomic E-state index is 13.4. The van der Waals surface area contributed by atoms with Crippen molar-refractivity contribution >= 4 is 17.4 Å². The molecule has 0 spiro atoms. The van der Waals surface area contributed by atoms with Gasteiger partial charge in [-0.3, -0.25) is 19.1 Å². The lowest BCUT2D eigenvalue weighted by atomic mass is 10.1. The third-order valence-electron chi connectivity index (χ3n) is 5.32. The number of hydrogen-bond acceptors (Lipinski definition) is 5. The summed E-state index contributed by atoms with van der Waals surface area (Å²) in [6.45, 7) is 7.50. The van der Waals surface area contributed by atoms with Crippen LogP contribution in [0, 0.1) is 0 Å². The third-order valence-corrected chi connectivity index (χ3v) is 5.32. The molecule has 1 aromatic carbocycles. The molecule has 0 aliphatic rings. The van der Waals surface area contributed by atoms with Gasteiger partial charge in [0.1, 0.15) is 11.6 Å². The zero-order chi connectivity index (χ0) is 23.5. The van der Waals surface area contributed by atoms with Crippen LogP contribution < -0.4 is 26.6 Å². The smallest absolute Gasteiger partial charge is 0.330 e. The monoisotopic (exact) mass is 444 g/mol. The van der Waals surface area contributed by atoms with Crippen LogP contribution in [0.15, 0.2) is 33.9 Å². The Labute approximate surface area is 189 Å². The Kier molecular flexibility index (Phi) is 10.0. The van der Waals surface area contributed by atoms with Crippen LogP contribution in [0.3, 0.4) is 0 Å². The normalized spacial score (nSPS) is 10.8. The summed E-state index contributed by atoms with van der Waals surface area (Å²) in [4.78, 5) is 42.2. The zero-order valence-corrected chi connectivity index (χ0v) is 19.5. The van der Waals surface area contributed by atoms with Crippen LogP contribution in [0.5, 0.6) is 5.75 Å². The van der Waals surface area contributed by atoms with E-state index in [1.165, 1.54) is 9.47 Å². The minimum Gasteiger partial charge on any atom is -0.494 e. The lowest BCUT2D eigenvalue weighted by Gasteiger charge is -2.24. The van der Waals surface area contributed by atoms with Crippen LogP contribution in [0.25, 0.3) is 0 Å². The van der Waals surface area contributed by atoms with Gasteiger partial charge < -0.3 is 15.4 Å². The average Bonchev–Trinajstić information content (AvgIpc) is 2.78. The first kappa shape index (κ1) is 25.2. The quantitative estimate of drug-likeness (QED) is 0.455. The van der Waals surface area contributed by atoms with Gasteiger partial charge in [-0.15, -0.1) is 0 Å². The number of nitrogens with one attached hydrogen (secondary N) is 1. The molecule has 3 N–H and O–H groups in total. The van der Waals surface area contributed by atoms with Gasteiger partial charge in [-0.1, -0.05) is 46.5 Å². The van der Waals surface area contributed by atoms with E-state index in [1.807, 2.05) is 6.92 Å². The van der Waals surface area contributed by atoms with E-state index in [-0.39, 0.29) is 17.4 Å². The highest BCUT2D eigenvalue weighted by Gasteiger charge is 2.25. The fourth-order valence-electron chi connectivity index (χ4n) is 3.40. The van der Waals surface area contributed by atoms with Gasteiger partial charge in [-0.2, -0.15) is 0 Å². The van der Waals surface area contributed by atoms with E-state index in [4.69, 9.17) is 10.5 Å². The van der Waals surface area contributed by atoms with Crippen molar-refractivity contribution in [3.05, 3.63) is 50.7 Å². The molecule has 2 aromatic rings. The second kappa shape index (κ2) is 12.7. The van der Waals surface area contributed by atoms with E-state index in [9.17, 15) is 14.4 Å². The number of nitrogen functional groups attached to an aromatic ring is 1. The molecular weight excluding hydrogens is 408 g/mol. The Morgan fingerprint density at radius 3 is 2.28 bits per heavy atom. The molecule has 1 amide bonds. The minimum atomic E-state index is -0.649. The van der Waals surface area contributed by atoms with Gasteiger partial charge in [0.15, 0.2) is 5.69 Å². The highest BCUT2D eigenvalue weighted by atomic mass is 16.5. The molecule has 0 aliphatic heterocycles. The van der Waals surface area contributed by atoms with E-state index in [1.54, 1.807) is 24.3 Å². The maximum Gasteiger partial charge on any atom is 0.330 e. The highest BCUT2D eigenvalue weighted by Crippen LogP contribution is 2.22. The van der Waals surface area contributed by atoms with E-state index in [2.05, 4.69) is 18.8 Å². The molecule has 0 aliphatic carbocycles. The van der Waals surface area contributed by atoms with Gasteiger partial charge in [0, 0.05) is 18.7 Å². The number of ether oxygens (including phenoxy) is 1. The number of carbonyl (C=O) groups is 1. The molecule has 0 atom stereocenters. The minimum absolute atomic E-state index is 0.0246. The SMILES string of the molecule is CCCCCN(C(=O)c1ccc(OCCCC)cc1)c1c(N)n(CCCC)c(=O)[nH]c1=O. The number of aromatic nitrogens is 2. The molecule has 0 saturated carbocycles. The molecule has 0 bridgehead atoms. The van der Waals surface area contributed by atoms with Crippen molar-refractivity contribution in [1.82, 2.24) is 9.55 Å². The van der Waals surface area contributed by atoms with Crippen molar-refractivity contribution in [2.24, 2.45) is 0 Å². The molecule has 0 unspecified atom stereocenters. The van der Waals surface area contributed by atoms with Gasteiger partial charge in [0.25, 0.3) is 11.5 Å². The summed E-state index contributed by atoms with van der Waals surface area (Å²) in [6.07, 6.45) is 6.19. The van der Waals surface area contributed by atoms with Crippen molar-refractivity contribution < 1.29 is 9.53 Å². The fraction of sp³-hybridized carbons (Fsp3) is 0.542. The molecule has 0 saturated heterocycles. The summed E-state index contributed by atoms with van der Waals surface area (Å²) in [7, 11) is 0. The van der Waals surface area contributed by atoms with Gasteiger partial charge >= 0.3 is 5.69 Å². The van der Waals surface area contributed by atoms with Crippen molar-refractivity contribution in [1.29, 1.82) is 0 Å². The predicted molar refractivity (Wildman–Crippen MR) is 129 cm³/mol. The van der Waals surface area contributed by atoms with E-state index >= 15 is 0 Å². The summed E-state index contributed by atoms with van der Waals surface area (Å²) in [5.41, 5.74) is 5.52. The summed E-state index contributed by atoms with van der Waals surface area (Å²) >= 11 is 0. The molecule has 8 heteroatoms. The summed E-state index contributed by atoms with van der Waals surface area (Å²) < 4.78 is 7.01. The standard InChI is InChI=1S/C24H36N4O4/c1-4-7-10-16-27(20-21(25)28(15-8-5-2)24(31)26-22(20)29)23(30)18-11-13-19(14-12-18)32-17-9-6-3/h11-14H,4-10,15-17,25H2,1-3H3,(H,26,29,31). The van der Waals surface area contributed by atoms with Crippen molar-refractivity contribution in [3.63, 3.8) is 0 Å². The molecular formula is C24H36N4O4. The van der Waals surface area contributed by atoms with Crippen molar-refractivity contribution in [2.75, 3.05) is 23.8 Å². The third kappa shape index (κ3) is 6.48. The molecule has 8 nitrogen and oxygen atoms in total. The van der Waals surface area contributed by atoms with E-state index in [0.29, 0.717) is 37.4 Å². The van der Waals surface area contributed by atoms with Gasteiger partial charge in [-0.05, 0) is 43.5 Å². The van der Waals surface area contributed by atoms with Crippen LogP contribution in [-0.2, 0) is 6.54 Å². The lowest BCUT2D eigenvalue weighted by molar-refractivity contribution is 0.0986. The van der Waals surface area contributed by atoms with Gasteiger partial charge in [0.2, 0.25) is 0 Å². The van der Waals surface area contributed by atoms with Crippen molar-refractivity contribution in [2.45, 2.75) is 72.3 Å². The van der Waals surface area contributed by atoms with E-state index < -0.39 is 11.2 Å². The largest absolute Gasteiger partial charge is 0.494 e. The number of nitrogens with zero attached hydrogens (tertiary/aromatic N) is 2. The van der Waals surface area contributed by atoms with Crippen LogP contribution in [0.4, 0.5) is 11.5 Å². The van der Waals surface area contributed by atoms with Crippen LogP contribution in [-0.4, -0.2) is 28.6 Å². The molecule has 2 rings (SSSR count). The summed E-state index contributed by atoms with van der Waals surface area (Å²) in [5, 5.41) is 0. The Balaban J connectivity index is 2.40. The molecule has 0 fully saturated rings. The molecule has 0 radical (unpaired) electrons. The van der Waals surface area contributed by atoms with Crippen LogP contribution >= 0.6 is 0 Å². The maximum absolute atomic E-state index is 13.4. The van der Waals surface area contributed by atoms with Crippen molar-refractivity contribution in [3.8, 4) is 5.75 Å². The van der Waals surface area contributed by atoms with Gasteiger partial charge in [-0.25, -0.2) is 4.79 Å². The van der Waals surface area contributed by atoms with Gasteiger partial charge in [0.05, 0.1) is 6.61 Å². The first-order valence-electron chi connectivity index (χ1n) is 11.6. The fourth-order valence-corrected chi connectivity index (χ4v) is 3.40. The lowest BCUT2D eigenvalue weighted by Crippen LogP contribution is -2.41. The Bertz CT molecular complexity index is 979. The number of anilines is 2. The Morgan fingerprint density at radius 1 is 1.00 bits per heavy atom. The number of H-pyrrole nitrogens is 1. The number of amides is 1. The number of benzene rings is 1. The highest BCUT2D eigenvalue weighted by molar-refractivity contribution is 6.07. The summed E-state index contributed by atoms with van der Waals surface area (Å²) in [6, 6.07) is 6.88. The average molecular weight is 445 g/mol. The van der Waals surface area contributed by atoms with Crippen LogP contribution in [0.1, 0.15) is 76.1 Å². The first-order chi connectivity index (χ1) is 15.4. The second-order valence-electron chi connectivity index (χ2n) is 7.89. The topological polar surface area (TPSA) is 110 Å². The number of aromatic amines is 1. The summed E-state index contributed by atoms with van der Waals surface area (Å²) in [5.74, 6) is 0.383. The molecule has 32 heavy (non-hydrogen) atoms. The number of rotatable bonds is 13. The zero-order valence-electron chi connectivity index (χ0n) is 19.5. The number of unbranched alkanes of at least 4 members (excludes halogenated alkanes) is 4. The number of hydrogen-bond donors (Lipinski definition) is 2. The number of carbonyl (C=O) groups excluding carboxylic acids is 1. The Hall–Kier alpha value is -3.03. The van der Waals surface area contributed by atoms with E-state index in [0.717, 1.165) is 38.5 Å². The molecule has 1 heterocycles. The number of nitrogens with two attached hydrogens (primary N) is 1. The molecule has 176 valence electrons. The Morgan fingerprint density at radius 2 is 1.66 bits per heavy atom. The van der Waals surface area contributed by atoms with Crippen LogP contribution in [0.2, 0.25) is 0 Å². The first-order valence-corrected chi connectivity index (χ1v) is 11.6. The second-order valence-corrected chi connectivity index (χ2v) is 7.89. The molecule has 1 aromatic heterocycles.